The molecular weight excluding hydrogens is 212 g/mol. The lowest BCUT2D eigenvalue weighted by molar-refractivity contribution is 0.155. The van der Waals surface area contributed by atoms with Crippen LogP contribution in [0.2, 0.25) is 5.02 Å². The number of aliphatic hydroxyl groups excluding tert-OH is 1. The molecule has 1 heterocycles. The SMILES string of the molecule is O[C@@H]1CCCc2c3c(cc(Cl)c21)CCO3. The van der Waals surface area contributed by atoms with Crippen LogP contribution in [0.1, 0.15) is 35.6 Å². The third kappa shape index (κ3) is 1.35. The molecule has 0 aromatic heterocycles. The summed E-state index contributed by atoms with van der Waals surface area (Å²) in [7, 11) is 0. The summed E-state index contributed by atoms with van der Waals surface area (Å²) >= 11 is 6.21. The molecule has 80 valence electrons. The van der Waals surface area contributed by atoms with Crippen LogP contribution < -0.4 is 4.74 Å². The molecule has 0 saturated carbocycles. The third-order valence-electron chi connectivity index (χ3n) is 3.30. The van der Waals surface area contributed by atoms with Crippen molar-refractivity contribution in [3.8, 4) is 5.75 Å². The Morgan fingerprint density at radius 3 is 3.13 bits per heavy atom. The minimum atomic E-state index is -0.407. The van der Waals surface area contributed by atoms with Crippen molar-refractivity contribution >= 4 is 11.6 Å². The monoisotopic (exact) mass is 224 g/mol. The highest BCUT2D eigenvalue weighted by Gasteiger charge is 2.28. The molecule has 3 rings (SSSR count). The van der Waals surface area contributed by atoms with Gasteiger partial charge in [-0.25, -0.2) is 0 Å². The number of hydrogen-bond acceptors (Lipinski definition) is 2. The normalized spacial score (nSPS) is 23.2. The smallest absolute Gasteiger partial charge is 0.126 e. The van der Waals surface area contributed by atoms with Crippen LogP contribution in [-0.4, -0.2) is 11.7 Å². The van der Waals surface area contributed by atoms with E-state index in [0.717, 1.165) is 49.2 Å². The van der Waals surface area contributed by atoms with Gasteiger partial charge >= 0.3 is 0 Å². The molecule has 0 amide bonds. The molecular formula is C12H13ClO2. The summed E-state index contributed by atoms with van der Waals surface area (Å²) in [5.41, 5.74) is 3.25. The molecule has 3 heteroatoms. The Kier molecular flexibility index (Phi) is 2.15. The summed E-state index contributed by atoms with van der Waals surface area (Å²) in [5.74, 6) is 0.994. The van der Waals surface area contributed by atoms with Crippen LogP contribution >= 0.6 is 11.6 Å². The number of ether oxygens (including phenoxy) is 1. The van der Waals surface area contributed by atoms with Gasteiger partial charge in [-0.3, -0.25) is 0 Å². The Balaban J connectivity index is 2.24. The first-order chi connectivity index (χ1) is 7.27. The zero-order valence-electron chi connectivity index (χ0n) is 8.42. The van der Waals surface area contributed by atoms with Gasteiger partial charge in [-0.05, 0) is 30.9 Å². The Hall–Kier alpha value is -0.730. The Bertz CT molecular complexity index is 415. The molecule has 1 atom stereocenters. The second-order valence-electron chi connectivity index (χ2n) is 4.25. The topological polar surface area (TPSA) is 29.5 Å². The first-order valence-corrected chi connectivity index (χ1v) is 5.80. The van der Waals surface area contributed by atoms with Crippen molar-refractivity contribution in [3.63, 3.8) is 0 Å². The van der Waals surface area contributed by atoms with Crippen LogP contribution in [-0.2, 0) is 12.8 Å². The fraction of sp³-hybridized carbons (Fsp3) is 0.500. The fourth-order valence-electron chi connectivity index (χ4n) is 2.61. The van der Waals surface area contributed by atoms with E-state index in [1.165, 1.54) is 5.56 Å². The summed E-state index contributed by atoms with van der Waals surface area (Å²) in [6, 6.07) is 1.96. The van der Waals surface area contributed by atoms with Crippen LogP contribution in [0.5, 0.6) is 5.75 Å². The van der Waals surface area contributed by atoms with Crippen LogP contribution in [0.4, 0.5) is 0 Å². The second-order valence-corrected chi connectivity index (χ2v) is 4.65. The van der Waals surface area contributed by atoms with Gasteiger partial charge in [-0.15, -0.1) is 0 Å². The number of benzene rings is 1. The maximum Gasteiger partial charge on any atom is 0.126 e. The van der Waals surface area contributed by atoms with Gasteiger partial charge in [0.05, 0.1) is 12.7 Å². The van der Waals surface area contributed by atoms with E-state index >= 15 is 0 Å². The van der Waals surface area contributed by atoms with Crippen molar-refractivity contribution in [2.24, 2.45) is 0 Å². The quantitative estimate of drug-likeness (QED) is 0.734. The van der Waals surface area contributed by atoms with E-state index in [-0.39, 0.29) is 0 Å². The molecule has 1 aliphatic heterocycles. The van der Waals surface area contributed by atoms with Gasteiger partial charge in [0.25, 0.3) is 0 Å². The Morgan fingerprint density at radius 1 is 1.40 bits per heavy atom. The van der Waals surface area contributed by atoms with Crippen LogP contribution in [0, 0.1) is 0 Å². The van der Waals surface area contributed by atoms with E-state index < -0.39 is 6.10 Å². The molecule has 1 aromatic rings. The minimum Gasteiger partial charge on any atom is -0.493 e. The van der Waals surface area contributed by atoms with Crippen molar-refractivity contribution in [3.05, 3.63) is 27.8 Å². The molecule has 0 unspecified atom stereocenters. The molecule has 0 saturated heterocycles. The molecule has 0 bridgehead atoms. The number of rotatable bonds is 0. The first kappa shape index (κ1) is 9.49. The van der Waals surface area contributed by atoms with Gasteiger partial charge in [0.1, 0.15) is 5.75 Å². The van der Waals surface area contributed by atoms with Crippen molar-refractivity contribution in [1.29, 1.82) is 0 Å². The average Bonchev–Trinajstić information content (AvgIpc) is 2.65. The third-order valence-corrected chi connectivity index (χ3v) is 3.62. The number of fused-ring (bicyclic) bond motifs is 3. The van der Waals surface area contributed by atoms with E-state index in [1.54, 1.807) is 0 Å². The fourth-order valence-corrected chi connectivity index (χ4v) is 2.98. The number of halogens is 1. The van der Waals surface area contributed by atoms with Gasteiger partial charge in [-0.2, -0.15) is 0 Å². The van der Waals surface area contributed by atoms with Gasteiger partial charge in [-0.1, -0.05) is 11.6 Å². The molecule has 0 fully saturated rings. The first-order valence-electron chi connectivity index (χ1n) is 5.42. The Morgan fingerprint density at radius 2 is 2.27 bits per heavy atom. The minimum absolute atomic E-state index is 0.407. The Labute approximate surface area is 93.8 Å². The van der Waals surface area contributed by atoms with Crippen LogP contribution in [0.15, 0.2) is 6.07 Å². The van der Waals surface area contributed by atoms with E-state index in [4.69, 9.17) is 16.3 Å². The highest BCUT2D eigenvalue weighted by atomic mass is 35.5. The molecule has 2 nitrogen and oxygen atoms in total. The highest BCUT2D eigenvalue weighted by molar-refractivity contribution is 6.31. The molecule has 2 aliphatic rings. The van der Waals surface area contributed by atoms with Crippen molar-refractivity contribution < 1.29 is 9.84 Å². The summed E-state index contributed by atoms with van der Waals surface area (Å²) in [6.45, 7) is 0.748. The van der Waals surface area contributed by atoms with Crippen molar-refractivity contribution in [2.75, 3.05) is 6.61 Å². The van der Waals surface area contributed by atoms with E-state index in [2.05, 4.69) is 0 Å². The number of hydrogen-bond donors (Lipinski definition) is 1. The maximum absolute atomic E-state index is 9.93. The summed E-state index contributed by atoms with van der Waals surface area (Å²) in [4.78, 5) is 0. The predicted octanol–water partition coefficient (Wildman–Crippen LogP) is 2.64. The molecule has 0 spiro atoms. The molecule has 0 radical (unpaired) electrons. The van der Waals surface area contributed by atoms with E-state index in [9.17, 15) is 5.11 Å². The number of aliphatic hydroxyl groups is 1. The maximum atomic E-state index is 9.93. The zero-order chi connectivity index (χ0) is 10.4. The van der Waals surface area contributed by atoms with Gasteiger partial charge in [0.15, 0.2) is 0 Å². The van der Waals surface area contributed by atoms with Crippen molar-refractivity contribution in [1.82, 2.24) is 0 Å². The van der Waals surface area contributed by atoms with Gasteiger partial charge in [0.2, 0.25) is 0 Å². The molecule has 1 aromatic carbocycles. The predicted molar refractivity (Wildman–Crippen MR) is 58.5 cm³/mol. The molecule has 1 N–H and O–H groups in total. The largest absolute Gasteiger partial charge is 0.493 e. The highest BCUT2D eigenvalue weighted by Crippen LogP contribution is 2.43. The van der Waals surface area contributed by atoms with Gasteiger partial charge < -0.3 is 9.84 Å². The second kappa shape index (κ2) is 3.39. The summed E-state index contributed by atoms with van der Waals surface area (Å²) < 4.78 is 5.63. The lowest BCUT2D eigenvalue weighted by Crippen LogP contribution is -2.11. The summed E-state index contributed by atoms with van der Waals surface area (Å²) in [6.07, 6.45) is 3.35. The van der Waals surface area contributed by atoms with Crippen LogP contribution in [0.25, 0.3) is 0 Å². The lowest BCUT2D eigenvalue weighted by atomic mass is 9.87. The van der Waals surface area contributed by atoms with E-state index in [1.807, 2.05) is 6.07 Å². The average molecular weight is 225 g/mol. The van der Waals surface area contributed by atoms with Crippen LogP contribution in [0.3, 0.4) is 0 Å². The van der Waals surface area contributed by atoms with Crippen molar-refractivity contribution in [2.45, 2.75) is 31.8 Å². The molecule has 1 aliphatic carbocycles. The zero-order valence-corrected chi connectivity index (χ0v) is 9.18. The standard InChI is InChI=1S/C12H13ClO2/c13-9-6-7-4-5-15-12(7)8-2-1-3-10(14)11(8)9/h6,10,14H,1-5H2/t10-/m1/s1. The summed E-state index contributed by atoms with van der Waals surface area (Å²) in [5, 5.41) is 10.6. The lowest BCUT2D eigenvalue weighted by Gasteiger charge is -2.24. The van der Waals surface area contributed by atoms with Gasteiger partial charge in [0, 0.05) is 22.6 Å². The molecule has 15 heavy (non-hydrogen) atoms. The van der Waals surface area contributed by atoms with E-state index in [0.29, 0.717) is 5.02 Å².